The number of hydrogen-bond donors (Lipinski definition) is 5. The molecular weight excluding hydrogens is 948 g/mol. The van der Waals surface area contributed by atoms with E-state index in [0.29, 0.717) is 59.8 Å². The van der Waals surface area contributed by atoms with Gasteiger partial charge in [0.15, 0.2) is 23.0 Å². The van der Waals surface area contributed by atoms with Gasteiger partial charge in [0.2, 0.25) is 0 Å². The lowest BCUT2D eigenvalue weighted by atomic mass is 9.36. The first-order valence-corrected chi connectivity index (χ1v) is 23.3. The normalized spacial score (nSPS) is 29.4. The van der Waals surface area contributed by atoms with Crippen molar-refractivity contribution in [2.45, 2.75) is 130 Å². The van der Waals surface area contributed by atoms with Crippen LogP contribution in [0.2, 0.25) is 0 Å². The number of nitrogens with zero attached hydrogens (tertiary/aromatic N) is 1. The average molecular weight is 1000 g/mol. The van der Waals surface area contributed by atoms with Gasteiger partial charge in [0.1, 0.15) is 0 Å². The Morgan fingerprint density at radius 2 is 1.00 bits per heavy atom. The van der Waals surface area contributed by atoms with Crippen molar-refractivity contribution < 1.29 is 28.5 Å². The Labute approximate surface area is 389 Å². The number of fused-ring (bicyclic) bond motifs is 2. The molecule has 4 aromatic rings. The number of aromatic amines is 2. The largest absolute Gasteiger partial charge is 0.448 e. The van der Waals surface area contributed by atoms with Crippen molar-refractivity contribution in [1.29, 1.82) is 0 Å². The van der Waals surface area contributed by atoms with Crippen molar-refractivity contribution in [3.63, 3.8) is 0 Å². The van der Waals surface area contributed by atoms with Crippen LogP contribution in [0.5, 0.6) is 23.0 Å². The molecule has 6 fully saturated rings. The summed E-state index contributed by atoms with van der Waals surface area (Å²) in [6.07, 6.45) is 5.81. The van der Waals surface area contributed by atoms with E-state index in [1.165, 1.54) is 0 Å². The van der Waals surface area contributed by atoms with Crippen molar-refractivity contribution >= 4 is 43.7 Å². The summed E-state index contributed by atoms with van der Waals surface area (Å²) < 4.78 is 26.9. The lowest BCUT2D eigenvalue weighted by Gasteiger charge is -2.75. The van der Waals surface area contributed by atoms with Gasteiger partial charge in [0.25, 0.3) is 34.5 Å². The molecule has 2 unspecified atom stereocenters. The van der Waals surface area contributed by atoms with Gasteiger partial charge in [-0.1, -0.05) is 0 Å². The standard InChI is InChI=1S/C25H30BrN3O4.C23H26BrN3O4/c1-13-7-14(2)28-22(31)17(13)9-27-21(30)16-8-18(26)20-19(15(16)3)32-23(4,33-20)24-10-25(11-24,12-24)29(5)6;1-11-5-12(2)27-20(29)15(11)7-26-19(28)14-6-16(24)18-17(13(14)3)30-21(4,31-18)22-8-23(25,9-22)10-22/h7-8H,9-12H2,1-6H3,(H,27,30)(H,28,31);5-6H,7-10,25H2,1-4H3,(H,26,28)(H,27,29). The average Bonchev–Trinajstić information content (AvgIpc) is 3.70. The molecule has 16 heteroatoms. The summed E-state index contributed by atoms with van der Waals surface area (Å²) in [7, 11) is 4.27. The molecule has 0 saturated heterocycles. The van der Waals surface area contributed by atoms with Crippen molar-refractivity contribution in [3.05, 3.63) is 110 Å². The van der Waals surface area contributed by atoms with E-state index in [1.54, 1.807) is 12.1 Å². The third-order valence-corrected chi connectivity index (χ3v) is 16.5. The number of benzene rings is 2. The molecule has 0 spiro atoms. The van der Waals surface area contributed by atoms with Gasteiger partial charge in [-0.25, -0.2) is 0 Å². The lowest BCUT2D eigenvalue weighted by Crippen LogP contribution is -2.80. The number of rotatable bonds is 9. The molecule has 6 aliphatic carbocycles. The number of carbonyl (C=O) groups is 2. The minimum absolute atomic E-state index is 0.00537. The zero-order valence-electron chi connectivity index (χ0n) is 38.0. The predicted octanol–water partition coefficient (Wildman–Crippen LogP) is 7.33. The maximum Gasteiger partial charge on any atom is 0.254 e. The molecule has 6 N–H and O–H groups in total. The van der Waals surface area contributed by atoms with Crippen molar-refractivity contribution in [3.8, 4) is 23.0 Å². The van der Waals surface area contributed by atoms with Gasteiger partial charge in [-0.05, 0) is 161 Å². The molecular formula is C48H56Br2N6O8. The minimum Gasteiger partial charge on any atom is -0.448 e. The molecule has 4 bridgehead atoms. The number of pyridine rings is 2. The number of ether oxygens (including phenoxy) is 4. The Morgan fingerprint density at radius 1 is 0.641 bits per heavy atom. The summed E-state index contributed by atoms with van der Waals surface area (Å²) in [6.45, 7) is 15.4. The topological polar surface area (TPSA) is 190 Å². The first-order valence-electron chi connectivity index (χ1n) is 21.7. The fraction of sp³-hybridized carbons (Fsp3) is 0.500. The number of carbonyl (C=O) groups excluding carboxylic acids is 2. The van der Waals surface area contributed by atoms with Gasteiger partial charge in [-0.3, -0.25) is 19.2 Å². The number of nitrogens with two attached hydrogens (primary N) is 1. The highest BCUT2D eigenvalue weighted by molar-refractivity contribution is 9.11. The molecule has 2 aliphatic heterocycles. The van der Waals surface area contributed by atoms with Crippen molar-refractivity contribution in [1.82, 2.24) is 25.5 Å². The SMILES string of the molecule is Cc1cc(C)c(CNC(=O)c2cc(Br)c3c(c2C)OC(C)(C24CC(N(C)C)(C2)C4)O3)c(=O)[nH]1.Cc1cc(C)c(CNC(=O)c2cc(Br)c3c(c2C)OC(C)(C24CC(N)(C2)C4)O3)c(=O)[nH]1. The van der Waals surface area contributed by atoms with Crippen LogP contribution in [0, 0.1) is 52.4 Å². The van der Waals surface area contributed by atoms with Crippen LogP contribution >= 0.6 is 31.9 Å². The van der Waals surface area contributed by atoms with Crippen LogP contribution in [0.25, 0.3) is 0 Å². The van der Waals surface area contributed by atoms with Crippen molar-refractivity contribution in [2.24, 2.45) is 16.6 Å². The summed E-state index contributed by atoms with van der Waals surface area (Å²) >= 11 is 7.13. The second kappa shape index (κ2) is 14.7. The first-order chi connectivity index (χ1) is 29.9. The number of amides is 2. The second-order valence-electron chi connectivity index (χ2n) is 20.0. The summed E-state index contributed by atoms with van der Waals surface area (Å²) in [5.41, 5.74) is 12.8. The summed E-state index contributed by atoms with van der Waals surface area (Å²) in [6, 6.07) is 7.31. The number of H-pyrrole nitrogens is 2. The fourth-order valence-corrected chi connectivity index (χ4v) is 12.3. The lowest BCUT2D eigenvalue weighted by molar-refractivity contribution is -0.325. The number of aromatic nitrogens is 2. The van der Waals surface area contributed by atoms with Gasteiger partial charge in [-0.15, -0.1) is 0 Å². The number of aryl methyl sites for hydroxylation is 4. The van der Waals surface area contributed by atoms with Gasteiger partial charge >= 0.3 is 0 Å². The van der Waals surface area contributed by atoms with Crippen LogP contribution in [0.1, 0.15) is 118 Å². The highest BCUT2D eigenvalue weighted by Crippen LogP contribution is 2.76. The maximum atomic E-state index is 13.1. The van der Waals surface area contributed by atoms with E-state index in [0.717, 1.165) is 66.6 Å². The monoisotopic (exact) mass is 1000 g/mol. The molecule has 12 rings (SSSR count). The molecule has 8 aliphatic rings. The minimum atomic E-state index is -0.787. The van der Waals surface area contributed by atoms with E-state index >= 15 is 0 Å². The third kappa shape index (κ3) is 6.66. The number of halogens is 2. The van der Waals surface area contributed by atoms with Gasteiger partial charge < -0.3 is 50.2 Å². The Morgan fingerprint density at radius 3 is 1.34 bits per heavy atom. The van der Waals surface area contributed by atoms with E-state index in [1.807, 2.05) is 67.5 Å². The predicted molar refractivity (Wildman–Crippen MR) is 248 cm³/mol. The van der Waals surface area contributed by atoms with Crippen LogP contribution in [-0.2, 0) is 13.1 Å². The molecule has 2 atom stereocenters. The molecule has 4 heterocycles. The zero-order chi connectivity index (χ0) is 46.3. The fourth-order valence-electron chi connectivity index (χ4n) is 11.3. The van der Waals surface area contributed by atoms with E-state index in [-0.39, 0.29) is 57.9 Å². The Hall–Kier alpha value is -4.64. The maximum absolute atomic E-state index is 13.1. The van der Waals surface area contributed by atoms with Crippen molar-refractivity contribution in [2.75, 3.05) is 14.1 Å². The third-order valence-electron chi connectivity index (χ3n) is 15.3. The molecule has 64 heavy (non-hydrogen) atoms. The Bertz CT molecular complexity index is 2800. The number of nitrogens with one attached hydrogen (secondary N) is 4. The Kier molecular flexibility index (Phi) is 10.2. The number of hydrogen-bond acceptors (Lipinski definition) is 10. The quantitative estimate of drug-likeness (QED) is 0.114. The van der Waals surface area contributed by atoms with Crippen LogP contribution in [0.15, 0.2) is 42.8 Å². The Balaban J connectivity index is 0.000000162. The smallest absolute Gasteiger partial charge is 0.254 e. The van der Waals surface area contributed by atoms with Crippen LogP contribution < -0.4 is 46.4 Å². The molecule has 2 amide bonds. The van der Waals surface area contributed by atoms with Gasteiger partial charge in [0, 0.05) is 82.8 Å². The molecule has 340 valence electrons. The second-order valence-corrected chi connectivity index (χ2v) is 21.7. The highest BCUT2D eigenvalue weighted by Gasteiger charge is 2.79. The van der Waals surface area contributed by atoms with Crippen LogP contribution in [0.4, 0.5) is 0 Å². The van der Waals surface area contributed by atoms with E-state index in [2.05, 4.69) is 71.5 Å². The molecule has 0 radical (unpaired) electrons. The summed E-state index contributed by atoms with van der Waals surface area (Å²) in [5.74, 6) is 0.410. The van der Waals surface area contributed by atoms with Crippen LogP contribution in [-0.4, -0.2) is 63.4 Å². The first kappa shape index (κ1) is 44.6. The van der Waals surface area contributed by atoms with E-state index in [9.17, 15) is 19.2 Å². The summed E-state index contributed by atoms with van der Waals surface area (Å²) in [5, 5.41) is 5.76. The molecule has 6 saturated carbocycles. The van der Waals surface area contributed by atoms with Gasteiger partial charge in [0.05, 0.1) is 19.8 Å². The van der Waals surface area contributed by atoms with E-state index < -0.39 is 11.6 Å². The highest BCUT2D eigenvalue weighted by atomic mass is 79.9. The molecule has 14 nitrogen and oxygen atoms in total. The summed E-state index contributed by atoms with van der Waals surface area (Å²) in [4.78, 5) is 58.5. The van der Waals surface area contributed by atoms with Crippen LogP contribution in [0.3, 0.4) is 0 Å². The zero-order valence-corrected chi connectivity index (χ0v) is 41.2. The van der Waals surface area contributed by atoms with E-state index in [4.69, 9.17) is 24.7 Å². The molecule has 2 aromatic heterocycles. The molecule has 2 aromatic carbocycles. The van der Waals surface area contributed by atoms with Gasteiger partial charge in [-0.2, -0.15) is 0 Å².